The number of para-hydroxylation sites is 1. The van der Waals surface area contributed by atoms with Gasteiger partial charge < -0.3 is 4.57 Å². The standard InChI is InChI=1S/C24H26N4O3S2/c1-3-18-8-6-11-21-22(18)26-24(32-21)28(14-7-13-27-15-12-25-17-27)23(29)19-9-5-10-20(16-19)33(30,31)4-2/h5-6,8-12,15-17H,3-4,7,13-14H2,1-2H3. The van der Waals surface area contributed by atoms with Crippen LogP contribution in [0.25, 0.3) is 10.2 Å². The highest BCUT2D eigenvalue weighted by Crippen LogP contribution is 2.32. The number of nitrogens with zero attached hydrogens (tertiary/aromatic N) is 4. The van der Waals surface area contributed by atoms with Gasteiger partial charge in [-0.25, -0.2) is 18.4 Å². The number of hydrogen-bond donors (Lipinski definition) is 0. The topological polar surface area (TPSA) is 85.2 Å². The number of benzene rings is 2. The molecule has 2 aromatic carbocycles. The van der Waals surface area contributed by atoms with Gasteiger partial charge in [0.2, 0.25) is 0 Å². The maximum absolute atomic E-state index is 13.6. The van der Waals surface area contributed by atoms with Crippen LogP contribution in [0.5, 0.6) is 0 Å². The summed E-state index contributed by atoms with van der Waals surface area (Å²) in [6.07, 6.45) is 6.91. The molecule has 4 rings (SSSR count). The molecule has 0 spiro atoms. The zero-order valence-corrected chi connectivity index (χ0v) is 20.3. The molecule has 7 nitrogen and oxygen atoms in total. The van der Waals surface area contributed by atoms with E-state index in [1.807, 2.05) is 22.9 Å². The van der Waals surface area contributed by atoms with Crippen LogP contribution in [-0.2, 0) is 22.8 Å². The van der Waals surface area contributed by atoms with E-state index in [2.05, 4.69) is 18.0 Å². The zero-order chi connectivity index (χ0) is 23.4. The molecule has 0 aliphatic rings. The number of rotatable bonds is 9. The molecule has 0 saturated carbocycles. The fraction of sp³-hybridized carbons (Fsp3) is 0.292. The molecule has 0 unspecified atom stereocenters. The Morgan fingerprint density at radius 2 is 1.97 bits per heavy atom. The van der Waals surface area contributed by atoms with E-state index in [1.54, 1.807) is 36.5 Å². The van der Waals surface area contributed by atoms with Gasteiger partial charge in [0.05, 0.1) is 27.2 Å². The summed E-state index contributed by atoms with van der Waals surface area (Å²) in [5.74, 6) is -0.275. The molecule has 1 amide bonds. The van der Waals surface area contributed by atoms with Crippen LogP contribution in [0, 0.1) is 0 Å². The number of amides is 1. The number of carbonyl (C=O) groups is 1. The first-order chi connectivity index (χ1) is 15.9. The number of sulfone groups is 1. The maximum Gasteiger partial charge on any atom is 0.260 e. The lowest BCUT2D eigenvalue weighted by molar-refractivity contribution is 0.0986. The van der Waals surface area contributed by atoms with Crippen molar-refractivity contribution in [1.29, 1.82) is 0 Å². The second-order valence-corrected chi connectivity index (χ2v) is 10.9. The van der Waals surface area contributed by atoms with Crippen LogP contribution >= 0.6 is 11.3 Å². The molecule has 2 aromatic heterocycles. The van der Waals surface area contributed by atoms with E-state index < -0.39 is 9.84 Å². The number of anilines is 1. The van der Waals surface area contributed by atoms with Gasteiger partial charge >= 0.3 is 0 Å². The van der Waals surface area contributed by atoms with Crippen molar-refractivity contribution in [1.82, 2.24) is 14.5 Å². The van der Waals surface area contributed by atoms with Crippen LogP contribution in [0.3, 0.4) is 0 Å². The zero-order valence-electron chi connectivity index (χ0n) is 18.6. The summed E-state index contributed by atoms with van der Waals surface area (Å²) < 4.78 is 27.7. The van der Waals surface area contributed by atoms with Gasteiger partial charge in [0.1, 0.15) is 0 Å². The molecule has 172 valence electrons. The summed E-state index contributed by atoms with van der Waals surface area (Å²) in [6.45, 7) is 4.84. The fourth-order valence-corrected chi connectivity index (χ4v) is 5.62. The Labute approximate surface area is 197 Å². The molecule has 2 heterocycles. The summed E-state index contributed by atoms with van der Waals surface area (Å²) in [5, 5.41) is 0.616. The minimum Gasteiger partial charge on any atom is -0.337 e. The van der Waals surface area contributed by atoms with Gasteiger partial charge in [-0.2, -0.15) is 0 Å². The van der Waals surface area contributed by atoms with Crippen LogP contribution in [0.4, 0.5) is 5.13 Å². The molecule has 0 saturated heterocycles. The smallest absolute Gasteiger partial charge is 0.260 e. The molecule has 4 aromatic rings. The molecule has 0 atom stereocenters. The Hall–Kier alpha value is -3.04. The summed E-state index contributed by atoms with van der Waals surface area (Å²) in [5.41, 5.74) is 2.38. The van der Waals surface area contributed by atoms with E-state index in [0.29, 0.717) is 30.2 Å². The third-order valence-corrected chi connectivity index (χ3v) is 8.30. The van der Waals surface area contributed by atoms with Gasteiger partial charge in [-0.15, -0.1) is 0 Å². The third-order valence-electron chi connectivity index (χ3n) is 5.53. The number of fused-ring (bicyclic) bond motifs is 1. The Bertz CT molecular complexity index is 1360. The van der Waals surface area contributed by atoms with Crippen molar-refractivity contribution >= 4 is 42.4 Å². The third kappa shape index (κ3) is 4.99. The van der Waals surface area contributed by atoms with Crippen molar-refractivity contribution in [2.45, 2.75) is 38.1 Å². The summed E-state index contributed by atoms with van der Waals surface area (Å²) in [4.78, 5) is 24.3. The first-order valence-electron chi connectivity index (χ1n) is 10.9. The van der Waals surface area contributed by atoms with Crippen LogP contribution in [-0.4, -0.2) is 41.2 Å². The highest BCUT2D eigenvalue weighted by atomic mass is 32.2. The molecular weight excluding hydrogens is 456 g/mol. The van der Waals surface area contributed by atoms with Crippen molar-refractivity contribution in [3.63, 3.8) is 0 Å². The second kappa shape index (κ2) is 9.84. The van der Waals surface area contributed by atoms with Crippen LogP contribution < -0.4 is 4.90 Å². The molecule has 0 N–H and O–H groups in total. The Balaban J connectivity index is 1.69. The molecular formula is C24H26N4O3S2. The summed E-state index contributed by atoms with van der Waals surface area (Å²) in [6, 6.07) is 12.3. The Morgan fingerprint density at radius 1 is 1.15 bits per heavy atom. The lowest BCUT2D eigenvalue weighted by Gasteiger charge is -2.20. The van der Waals surface area contributed by atoms with Gasteiger partial charge in [-0.1, -0.05) is 43.4 Å². The van der Waals surface area contributed by atoms with Gasteiger partial charge in [0.25, 0.3) is 5.91 Å². The Morgan fingerprint density at radius 3 is 2.70 bits per heavy atom. The van der Waals surface area contributed by atoms with E-state index in [9.17, 15) is 13.2 Å². The number of carbonyl (C=O) groups excluding carboxylic acids is 1. The second-order valence-electron chi connectivity index (χ2n) is 7.66. The largest absolute Gasteiger partial charge is 0.337 e. The molecule has 9 heteroatoms. The molecule has 33 heavy (non-hydrogen) atoms. The van der Waals surface area contributed by atoms with Gasteiger partial charge in [0.15, 0.2) is 15.0 Å². The van der Waals surface area contributed by atoms with Crippen molar-refractivity contribution in [3.8, 4) is 0 Å². The number of hydrogen-bond acceptors (Lipinski definition) is 6. The summed E-state index contributed by atoms with van der Waals surface area (Å²) in [7, 11) is -3.41. The quantitative estimate of drug-likeness (QED) is 0.348. The summed E-state index contributed by atoms with van der Waals surface area (Å²) >= 11 is 1.48. The van der Waals surface area contributed by atoms with E-state index in [4.69, 9.17) is 4.98 Å². The lowest BCUT2D eigenvalue weighted by atomic mass is 10.1. The number of aromatic nitrogens is 3. The van der Waals surface area contributed by atoms with E-state index >= 15 is 0 Å². The van der Waals surface area contributed by atoms with Crippen molar-refractivity contribution in [2.75, 3.05) is 17.2 Å². The molecule has 0 radical (unpaired) electrons. The van der Waals surface area contributed by atoms with Crippen molar-refractivity contribution in [3.05, 3.63) is 72.3 Å². The average molecular weight is 483 g/mol. The molecule has 0 fully saturated rings. The molecule has 0 bridgehead atoms. The SMILES string of the molecule is CCc1cccc2sc(N(CCCn3ccnc3)C(=O)c3cccc(S(=O)(=O)CC)c3)nc12. The predicted molar refractivity (Wildman–Crippen MR) is 132 cm³/mol. The monoisotopic (exact) mass is 482 g/mol. The van der Waals surface area contributed by atoms with Crippen LogP contribution in [0.15, 0.2) is 66.1 Å². The predicted octanol–water partition coefficient (Wildman–Crippen LogP) is 4.59. The van der Waals surface area contributed by atoms with Gasteiger partial charge in [0, 0.05) is 31.0 Å². The average Bonchev–Trinajstić information content (AvgIpc) is 3.51. The maximum atomic E-state index is 13.6. The number of imidazole rings is 1. The molecule has 0 aliphatic heterocycles. The number of aryl methyl sites for hydroxylation is 2. The Kier molecular flexibility index (Phi) is 6.90. The first kappa shape index (κ1) is 23.1. The number of thiazole rings is 1. The fourth-order valence-electron chi connectivity index (χ4n) is 3.65. The van der Waals surface area contributed by atoms with E-state index in [1.165, 1.54) is 23.5 Å². The molecule has 0 aliphatic carbocycles. The lowest BCUT2D eigenvalue weighted by Crippen LogP contribution is -2.32. The van der Waals surface area contributed by atoms with Crippen LogP contribution in [0.1, 0.15) is 36.2 Å². The van der Waals surface area contributed by atoms with E-state index in [0.717, 1.165) is 22.2 Å². The minimum atomic E-state index is -3.41. The van der Waals surface area contributed by atoms with Crippen LogP contribution in [0.2, 0.25) is 0 Å². The normalized spacial score (nSPS) is 11.7. The van der Waals surface area contributed by atoms with Gasteiger partial charge in [-0.05, 0) is 42.7 Å². The highest BCUT2D eigenvalue weighted by Gasteiger charge is 2.23. The van der Waals surface area contributed by atoms with Crippen molar-refractivity contribution < 1.29 is 13.2 Å². The van der Waals surface area contributed by atoms with Crippen molar-refractivity contribution in [2.24, 2.45) is 0 Å². The van der Waals surface area contributed by atoms with E-state index in [-0.39, 0.29) is 16.6 Å². The van der Waals surface area contributed by atoms with Gasteiger partial charge in [-0.3, -0.25) is 9.69 Å². The first-order valence-corrected chi connectivity index (χ1v) is 13.4. The highest BCUT2D eigenvalue weighted by molar-refractivity contribution is 7.91. The minimum absolute atomic E-state index is 0.0169.